The van der Waals surface area contributed by atoms with Crippen molar-refractivity contribution in [2.24, 2.45) is 24.8 Å². The highest BCUT2D eigenvalue weighted by atomic mass is 19.3. The molecule has 6 rings (SSSR count). The third-order valence-electron chi connectivity index (χ3n) is 8.46. The second-order valence-electron chi connectivity index (χ2n) is 11.3. The standard InChI is InChI=1S/C26H35F2N7O3/c1-34-14-18(13-31-34)32-21(9-15-4-5-15)25(38)35-19-6-7-20(26(27,28)11-19)22(35)24(37)33-17(12-29)10-16-3-2-8-30-23(16)36/h13-17,19-22,32H,2-11H2,1H3,(H,30,36)(H,33,37)/t16-,17-,19+,20+,21+,22-/m0/s1. The van der Waals surface area contributed by atoms with Gasteiger partial charge in [0.1, 0.15) is 18.1 Å². The Labute approximate surface area is 220 Å². The van der Waals surface area contributed by atoms with E-state index in [9.17, 15) is 19.6 Å². The summed E-state index contributed by atoms with van der Waals surface area (Å²) in [4.78, 5) is 41.1. The quantitative estimate of drug-likeness (QED) is 0.446. The average Bonchev–Trinajstić information content (AvgIpc) is 3.61. The largest absolute Gasteiger partial charge is 0.371 e. The van der Waals surface area contributed by atoms with Crippen LogP contribution in [-0.4, -0.2) is 69.0 Å². The lowest BCUT2D eigenvalue weighted by molar-refractivity contribution is -0.194. The highest BCUT2D eigenvalue weighted by molar-refractivity contribution is 5.92. The van der Waals surface area contributed by atoms with Crippen LogP contribution in [0, 0.1) is 29.1 Å². The van der Waals surface area contributed by atoms with Gasteiger partial charge in [0.05, 0.1) is 23.9 Å². The Morgan fingerprint density at radius 3 is 2.68 bits per heavy atom. The number of carbonyl (C=O) groups excluding carboxylic acids is 3. The molecule has 0 spiro atoms. The average molecular weight is 532 g/mol. The van der Waals surface area contributed by atoms with Gasteiger partial charge in [-0.25, -0.2) is 8.78 Å². The van der Waals surface area contributed by atoms with Crippen molar-refractivity contribution in [3.05, 3.63) is 12.4 Å². The summed E-state index contributed by atoms with van der Waals surface area (Å²) < 4.78 is 31.8. The van der Waals surface area contributed by atoms with Gasteiger partial charge >= 0.3 is 0 Å². The summed E-state index contributed by atoms with van der Waals surface area (Å²) in [6, 6.07) is -1.81. The van der Waals surface area contributed by atoms with Crippen molar-refractivity contribution in [2.45, 2.75) is 87.9 Å². The normalized spacial score (nSPS) is 29.6. The summed E-state index contributed by atoms with van der Waals surface area (Å²) in [5.41, 5.74) is 0.648. The van der Waals surface area contributed by atoms with Crippen LogP contribution in [-0.2, 0) is 21.4 Å². The minimum absolute atomic E-state index is 0.103. The minimum atomic E-state index is -3.09. The summed E-state index contributed by atoms with van der Waals surface area (Å²) in [5, 5.41) is 22.5. The number of anilines is 1. The SMILES string of the molecule is Cn1cc(N[C@H](CC2CC2)C(=O)N2[C@@H]3CC[C@H]([C@H]2C(=O)N[C@H](C#N)C[C@@H]2CCCNC2=O)C(F)(F)C3)cn1. The van der Waals surface area contributed by atoms with Gasteiger partial charge in [-0.05, 0) is 44.4 Å². The van der Waals surface area contributed by atoms with Gasteiger partial charge in [0.2, 0.25) is 17.7 Å². The predicted octanol–water partition coefficient (Wildman–Crippen LogP) is 1.94. The molecule has 0 radical (unpaired) electrons. The number of alkyl halides is 2. The molecule has 2 aliphatic carbocycles. The van der Waals surface area contributed by atoms with Gasteiger partial charge < -0.3 is 20.9 Å². The number of hydrogen-bond donors (Lipinski definition) is 3. The lowest BCUT2D eigenvalue weighted by Gasteiger charge is -2.54. The molecule has 3 aliphatic heterocycles. The van der Waals surface area contributed by atoms with Crippen LogP contribution in [0.4, 0.5) is 14.5 Å². The van der Waals surface area contributed by atoms with Crippen molar-refractivity contribution < 1.29 is 23.2 Å². The molecular formula is C26H35F2N7O3. The van der Waals surface area contributed by atoms with Crippen molar-refractivity contribution in [1.82, 2.24) is 25.3 Å². The monoisotopic (exact) mass is 531 g/mol. The van der Waals surface area contributed by atoms with E-state index < -0.39 is 54.3 Å². The number of fused-ring (bicyclic) bond motifs is 3. The molecule has 2 saturated carbocycles. The highest BCUT2D eigenvalue weighted by Crippen LogP contribution is 2.49. The number of rotatable bonds is 9. The Morgan fingerprint density at radius 1 is 1.26 bits per heavy atom. The van der Waals surface area contributed by atoms with Crippen molar-refractivity contribution in [2.75, 3.05) is 11.9 Å². The number of nitrogens with one attached hydrogen (secondary N) is 3. The first kappa shape index (κ1) is 26.4. The van der Waals surface area contributed by atoms with E-state index in [2.05, 4.69) is 21.0 Å². The van der Waals surface area contributed by atoms with Gasteiger partial charge in [0.25, 0.3) is 5.92 Å². The fourth-order valence-corrected chi connectivity index (χ4v) is 6.36. The fourth-order valence-electron chi connectivity index (χ4n) is 6.36. The second-order valence-corrected chi connectivity index (χ2v) is 11.3. The highest BCUT2D eigenvalue weighted by Gasteiger charge is 2.61. The maximum atomic E-state index is 15.1. The summed E-state index contributed by atoms with van der Waals surface area (Å²) in [6.45, 7) is 0.575. The predicted molar refractivity (Wildman–Crippen MR) is 133 cm³/mol. The molecule has 0 unspecified atom stereocenters. The number of halogens is 2. The van der Waals surface area contributed by atoms with Gasteiger partial charge in [-0.1, -0.05) is 12.8 Å². The van der Waals surface area contributed by atoms with Crippen LogP contribution in [0.2, 0.25) is 0 Å². The van der Waals surface area contributed by atoms with Crippen LogP contribution in [0.3, 0.4) is 0 Å². The van der Waals surface area contributed by atoms with Crippen molar-refractivity contribution >= 4 is 23.4 Å². The first-order valence-corrected chi connectivity index (χ1v) is 13.6. The van der Waals surface area contributed by atoms with Gasteiger partial charge in [0.15, 0.2) is 0 Å². The smallest absolute Gasteiger partial charge is 0.255 e. The number of piperidine rings is 3. The van der Waals surface area contributed by atoms with E-state index in [0.29, 0.717) is 37.4 Å². The van der Waals surface area contributed by atoms with Crippen LogP contribution in [0.5, 0.6) is 0 Å². The van der Waals surface area contributed by atoms with E-state index in [1.807, 2.05) is 6.07 Å². The second kappa shape index (κ2) is 10.5. The number of aryl methyl sites for hydroxylation is 1. The van der Waals surface area contributed by atoms with E-state index in [4.69, 9.17) is 0 Å². The third-order valence-corrected chi connectivity index (χ3v) is 8.46. The number of aromatic nitrogens is 2. The van der Waals surface area contributed by atoms with Crippen molar-refractivity contribution in [3.63, 3.8) is 0 Å². The molecule has 5 aliphatic rings. The van der Waals surface area contributed by atoms with Crippen LogP contribution in [0.25, 0.3) is 0 Å². The fraction of sp³-hybridized carbons (Fsp3) is 0.731. The maximum Gasteiger partial charge on any atom is 0.255 e. The van der Waals surface area contributed by atoms with Gasteiger partial charge in [-0.3, -0.25) is 19.1 Å². The Balaban J connectivity index is 1.37. The van der Waals surface area contributed by atoms with E-state index >= 15 is 8.78 Å². The molecule has 5 fully saturated rings. The van der Waals surface area contributed by atoms with Crippen LogP contribution < -0.4 is 16.0 Å². The molecule has 206 valence electrons. The number of hydrogen-bond acceptors (Lipinski definition) is 6. The molecule has 2 bridgehead atoms. The summed E-state index contributed by atoms with van der Waals surface area (Å²) in [7, 11) is 1.76. The van der Waals surface area contributed by atoms with Gasteiger partial charge in [-0.2, -0.15) is 10.4 Å². The lowest BCUT2D eigenvalue weighted by Crippen LogP contribution is -2.70. The number of nitriles is 1. The lowest BCUT2D eigenvalue weighted by atomic mass is 9.71. The Bertz CT molecular complexity index is 1110. The molecule has 3 N–H and O–H groups in total. The van der Waals surface area contributed by atoms with Crippen molar-refractivity contribution in [3.8, 4) is 6.07 Å². The minimum Gasteiger partial charge on any atom is -0.371 e. The van der Waals surface area contributed by atoms with Crippen LogP contribution >= 0.6 is 0 Å². The zero-order valence-electron chi connectivity index (χ0n) is 21.5. The zero-order chi connectivity index (χ0) is 27.0. The molecule has 3 amide bonds. The van der Waals surface area contributed by atoms with Crippen LogP contribution in [0.1, 0.15) is 57.8 Å². The molecule has 12 heteroatoms. The molecule has 38 heavy (non-hydrogen) atoms. The molecule has 10 nitrogen and oxygen atoms in total. The molecule has 3 saturated heterocycles. The number of amides is 3. The summed E-state index contributed by atoms with van der Waals surface area (Å²) in [6.07, 6.45) is 7.44. The number of nitrogens with zero attached hydrogens (tertiary/aromatic N) is 4. The third kappa shape index (κ3) is 5.47. The Morgan fingerprint density at radius 2 is 2.05 bits per heavy atom. The van der Waals surface area contributed by atoms with E-state index in [1.165, 1.54) is 4.90 Å². The molecule has 4 heterocycles. The van der Waals surface area contributed by atoms with E-state index in [0.717, 1.165) is 19.3 Å². The molecule has 0 aromatic carbocycles. The first-order chi connectivity index (χ1) is 18.2. The van der Waals surface area contributed by atoms with E-state index in [1.54, 1.807) is 24.1 Å². The Kier molecular flexibility index (Phi) is 7.29. The molecular weight excluding hydrogens is 496 g/mol. The molecule has 1 aromatic heterocycles. The van der Waals surface area contributed by atoms with Crippen LogP contribution in [0.15, 0.2) is 12.4 Å². The summed E-state index contributed by atoms with van der Waals surface area (Å²) in [5.74, 6) is -5.76. The van der Waals surface area contributed by atoms with Gasteiger partial charge in [-0.15, -0.1) is 0 Å². The molecule has 6 atom stereocenters. The summed E-state index contributed by atoms with van der Waals surface area (Å²) >= 11 is 0. The zero-order valence-corrected chi connectivity index (χ0v) is 21.5. The number of carbonyl (C=O) groups is 3. The first-order valence-electron chi connectivity index (χ1n) is 13.6. The topological polar surface area (TPSA) is 132 Å². The molecule has 1 aromatic rings. The van der Waals surface area contributed by atoms with Crippen molar-refractivity contribution in [1.29, 1.82) is 5.26 Å². The Hall–Kier alpha value is -3.23. The maximum absolute atomic E-state index is 15.1. The van der Waals surface area contributed by atoms with Gasteiger partial charge in [0, 0.05) is 38.2 Å². The van der Waals surface area contributed by atoms with E-state index in [-0.39, 0.29) is 24.7 Å².